The zero-order chi connectivity index (χ0) is 17.1. The van der Waals surface area contributed by atoms with Crippen LogP contribution in [0.25, 0.3) is 0 Å². The van der Waals surface area contributed by atoms with E-state index >= 15 is 0 Å². The Balaban J connectivity index is 1.70. The van der Waals surface area contributed by atoms with Crippen molar-refractivity contribution in [2.24, 2.45) is 0 Å². The van der Waals surface area contributed by atoms with E-state index < -0.39 is 0 Å². The third-order valence-corrected chi connectivity index (χ3v) is 4.31. The summed E-state index contributed by atoms with van der Waals surface area (Å²) >= 11 is 5.80. The van der Waals surface area contributed by atoms with Gasteiger partial charge >= 0.3 is 0 Å². The molecule has 1 aliphatic rings. The molecule has 0 fully saturated rings. The average Bonchev–Trinajstić information content (AvgIpc) is 2.62. The van der Waals surface area contributed by atoms with Gasteiger partial charge in [0, 0.05) is 31.3 Å². The maximum absolute atomic E-state index is 12.5. The second kappa shape index (κ2) is 7.11. The molecule has 0 spiro atoms. The van der Waals surface area contributed by atoms with Crippen molar-refractivity contribution in [1.82, 2.24) is 19.9 Å². The van der Waals surface area contributed by atoms with Gasteiger partial charge in [0.2, 0.25) is 11.8 Å². The number of halogens is 1. The Morgan fingerprint density at radius 3 is 2.92 bits per heavy atom. The highest BCUT2D eigenvalue weighted by molar-refractivity contribution is 6.30. The lowest BCUT2D eigenvalue weighted by molar-refractivity contribution is -0.121. The van der Waals surface area contributed by atoms with Crippen molar-refractivity contribution in [2.75, 3.05) is 19.0 Å². The largest absolute Gasteiger partial charge is 0.481 e. The van der Waals surface area contributed by atoms with Crippen molar-refractivity contribution in [3.8, 4) is 5.88 Å². The molecule has 1 aliphatic heterocycles. The van der Waals surface area contributed by atoms with Gasteiger partial charge in [-0.1, -0.05) is 11.6 Å². The molecule has 0 saturated carbocycles. The molecule has 0 saturated heterocycles. The summed E-state index contributed by atoms with van der Waals surface area (Å²) < 4.78 is 5.31. The molecule has 0 bridgehead atoms. The van der Waals surface area contributed by atoms with Gasteiger partial charge in [0.05, 0.1) is 23.9 Å². The Labute approximate surface area is 145 Å². The van der Waals surface area contributed by atoms with Crippen LogP contribution in [0.3, 0.4) is 0 Å². The number of ether oxygens (including phenoxy) is 1. The molecule has 1 N–H and O–H groups in total. The zero-order valence-corrected chi connectivity index (χ0v) is 14.2. The third kappa shape index (κ3) is 3.47. The van der Waals surface area contributed by atoms with Crippen LogP contribution < -0.4 is 10.1 Å². The van der Waals surface area contributed by atoms with Gasteiger partial charge in [-0.25, -0.2) is 15.0 Å². The SMILES string of the molecule is COc1ncnc2c1CN([C@H](C)C(=O)Nc1ccc(Cl)cn1)CC2. The smallest absolute Gasteiger partial charge is 0.242 e. The minimum atomic E-state index is -0.319. The molecular weight excluding hydrogens is 330 g/mol. The number of methoxy groups -OCH3 is 1. The van der Waals surface area contributed by atoms with Gasteiger partial charge < -0.3 is 10.1 Å². The van der Waals surface area contributed by atoms with E-state index in [9.17, 15) is 4.79 Å². The molecule has 0 radical (unpaired) electrons. The van der Waals surface area contributed by atoms with Crippen LogP contribution in [0.4, 0.5) is 5.82 Å². The Kier molecular flexibility index (Phi) is 4.92. The number of anilines is 1. The minimum absolute atomic E-state index is 0.121. The lowest BCUT2D eigenvalue weighted by Crippen LogP contribution is -2.45. The number of carbonyl (C=O) groups excluding carboxylic acids is 1. The molecule has 3 heterocycles. The molecule has 24 heavy (non-hydrogen) atoms. The lowest BCUT2D eigenvalue weighted by Gasteiger charge is -2.32. The van der Waals surface area contributed by atoms with Crippen molar-refractivity contribution >= 4 is 23.3 Å². The van der Waals surface area contributed by atoms with E-state index in [2.05, 4.69) is 25.2 Å². The fourth-order valence-electron chi connectivity index (χ4n) is 2.69. The molecule has 0 aliphatic carbocycles. The molecule has 8 heteroatoms. The second-order valence-electron chi connectivity index (χ2n) is 5.56. The fraction of sp³-hybridized carbons (Fsp3) is 0.375. The van der Waals surface area contributed by atoms with Crippen molar-refractivity contribution in [3.63, 3.8) is 0 Å². The first-order chi connectivity index (χ1) is 11.6. The standard InChI is InChI=1S/C16H18ClN5O2/c1-10(15(23)21-14-4-3-11(17)7-18-14)22-6-5-13-12(8-22)16(24-2)20-9-19-13/h3-4,7,9-10H,5-6,8H2,1-2H3,(H,18,21,23)/t10-/m1/s1. The summed E-state index contributed by atoms with van der Waals surface area (Å²) in [5.41, 5.74) is 1.92. The van der Waals surface area contributed by atoms with E-state index in [1.165, 1.54) is 12.5 Å². The van der Waals surface area contributed by atoms with Crippen LogP contribution >= 0.6 is 11.6 Å². The van der Waals surface area contributed by atoms with E-state index in [1.807, 2.05) is 6.92 Å². The summed E-state index contributed by atoms with van der Waals surface area (Å²) in [4.78, 5) is 27.1. The minimum Gasteiger partial charge on any atom is -0.481 e. The maximum atomic E-state index is 12.5. The third-order valence-electron chi connectivity index (χ3n) is 4.09. The lowest BCUT2D eigenvalue weighted by atomic mass is 10.0. The van der Waals surface area contributed by atoms with Crippen LogP contribution in [0.1, 0.15) is 18.2 Å². The Morgan fingerprint density at radius 1 is 1.38 bits per heavy atom. The van der Waals surface area contributed by atoms with Crippen molar-refractivity contribution < 1.29 is 9.53 Å². The Morgan fingerprint density at radius 2 is 2.21 bits per heavy atom. The first-order valence-electron chi connectivity index (χ1n) is 7.61. The molecule has 2 aromatic heterocycles. The van der Waals surface area contributed by atoms with E-state index in [-0.39, 0.29) is 11.9 Å². The van der Waals surface area contributed by atoms with E-state index in [4.69, 9.17) is 16.3 Å². The van der Waals surface area contributed by atoms with Gasteiger partial charge in [0.1, 0.15) is 12.1 Å². The van der Waals surface area contributed by atoms with Crippen LogP contribution in [0.2, 0.25) is 5.02 Å². The molecule has 0 unspecified atom stereocenters. The first kappa shape index (κ1) is 16.6. The van der Waals surface area contributed by atoms with Crippen LogP contribution in [0.5, 0.6) is 5.88 Å². The summed E-state index contributed by atoms with van der Waals surface area (Å²) in [6.07, 6.45) is 3.77. The number of rotatable bonds is 4. The van der Waals surface area contributed by atoms with Gasteiger partial charge in [-0.15, -0.1) is 0 Å². The molecule has 1 amide bonds. The normalized spacial score (nSPS) is 15.5. The monoisotopic (exact) mass is 347 g/mol. The maximum Gasteiger partial charge on any atom is 0.242 e. The molecule has 2 aromatic rings. The number of nitrogens with one attached hydrogen (secondary N) is 1. The predicted octanol–water partition coefficient (Wildman–Crippen LogP) is 1.92. The zero-order valence-electron chi connectivity index (χ0n) is 13.5. The molecule has 7 nitrogen and oxygen atoms in total. The molecule has 0 aromatic carbocycles. The topological polar surface area (TPSA) is 80.2 Å². The van der Waals surface area contributed by atoms with E-state index in [0.717, 1.165) is 24.2 Å². The highest BCUT2D eigenvalue weighted by Gasteiger charge is 2.28. The van der Waals surface area contributed by atoms with Crippen molar-refractivity contribution in [3.05, 3.63) is 40.9 Å². The van der Waals surface area contributed by atoms with Gasteiger partial charge in [0.25, 0.3) is 0 Å². The number of pyridine rings is 1. The fourth-order valence-corrected chi connectivity index (χ4v) is 2.80. The molecule has 3 rings (SSSR count). The van der Waals surface area contributed by atoms with Crippen LogP contribution in [0.15, 0.2) is 24.7 Å². The number of carbonyl (C=O) groups is 1. The van der Waals surface area contributed by atoms with Crippen LogP contribution in [-0.2, 0) is 17.8 Å². The summed E-state index contributed by atoms with van der Waals surface area (Å²) in [6.45, 7) is 3.18. The Bertz CT molecular complexity index is 723. The van der Waals surface area contributed by atoms with Crippen LogP contribution in [-0.4, -0.2) is 45.5 Å². The summed E-state index contributed by atoms with van der Waals surface area (Å²) in [6, 6.07) is 3.05. The highest BCUT2D eigenvalue weighted by atomic mass is 35.5. The predicted molar refractivity (Wildman–Crippen MR) is 90.0 cm³/mol. The number of fused-ring (bicyclic) bond motifs is 1. The summed E-state index contributed by atoms with van der Waals surface area (Å²) in [5.74, 6) is 0.926. The highest BCUT2D eigenvalue weighted by Crippen LogP contribution is 2.25. The number of amides is 1. The van der Waals surface area contributed by atoms with Gasteiger partial charge in [-0.05, 0) is 19.1 Å². The number of aromatic nitrogens is 3. The van der Waals surface area contributed by atoms with Gasteiger partial charge in [-0.3, -0.25) is 9.69 Å². The quantitative estimate of drug-likeness (QED) is 0.910. The number of hydrogen-bond donors (Lipinski definition) is 1. The van der Waals surface area contributed by atoms with Crippen molar-refractivity contribution in [1.29, 1.82) is 0 Å². The first-order valence-corrected chi connectivity index (χ1v) is 7.99. The van der Waals surface area contributed by atoms with Crippen LogP contribution in [0, 0.1) is 0 Å². The second-order valence-corrected chi connectivity index (χ2v) is 5.99. The summed E-state index contributed by atoms with van der Waals surface area (Å²) in [5, 5.41) is 3.33. The van der Waals surface area contributed by atoms with E-state index in [1.54, 1.807) is 19.2 Å². The number of hydrogen-bond acceptors (Lipinski definition) is 6. The van der Waals surface area contributed by atoms with Crippen molar-refractivity contribution in [2.45, 2.75) is 25.9 Å². The Hall–Kier alpha value is -2.25. The number of nitrogens with zero attached hydrogens (tertiary/aromatic N) is 4. The van der Waals surface area contributed by atoms with Gasteiger partial charge in [-0.2, -0.15) is 0 Å². The average molecular weight is 348 g/mol. The van der Waals surface area contributed by atoms with Gasteiger partial charge in [0.15, 0.2) is 0 Å². The summed E-state index contributed by atoms with van der Waals surface area (Å²) in [7, 11) is 1.59. The van der Waals surface area contributed by atoms with E-state index in [0.29, 0.717) is 23.3 Å². The molecular formula is C16H18ClN5O2. The molecule has 1 atom stereocenters. The molecule has 126 valence electrons.